The van der Waals surface area contributed by atoms with Gasteiger partial charge in [0.05, 0.1) is 5.56 Å². The van der Waals surface area contributed by atoms with E-state index in [-0.39, 0.29) is 0 Å². The summed E-state index contributed by atoms with van der Waals surface area (Å²) in [4.78, 5) is 11.5. The Morgan fingerprint density at radius 2 is 1.67 bits per heavy atom. The minimum atomic E-state index is -0.857. The SMILES string of the molecule is O=C(O)c1ccc(C2CCCCC2)cc1-c1ccccc1. The molecule has 0 atom stereocenters. The predicted molar refractivity (Wildman–Crippen MR) is 84.7 cm³/mol. The van der Waals surface area contributed by atoms with Crippen molar-refractivity contribution >= 4 is 5.97 Å². The number of benzene rings is 2. The maximum atomic E-state index is 11.5. The monoisotopic (exact) mass is 280 g/mol. The van der Waals surface area contributed by atoms with Crippen molar-refractivity contribution in [1.82, 2.24) is 0 Å². The van der Waals surface area contributed by atoms with Gasteiger partial charge in [0.25, 0.3) is 0 Å². The first-order chi connectivity index (χ1) is 10.3. The van der Waals surface area contributed by atoms with E-state index in [0.29, 0.717) is 11.5 Å². The average Bonchev–Trinajstić information content (AvgIpc) is 2.56. The highest BCUT2D eigenvalue weighted by atomic mass is 16.4. The van der Waals surface area contributed by atoms with Crippen LogP contribution in [0.1, 0.15) is 53.9 Å². The largest absolute Gasteiger partial charge is 0.478 e. The lowest BCUT2D eigenvalue weighted by molar-refractivity contribution is 0.0697. The summed E-state index contributed by atoms with van der Waals surface area (Å²) < 4.78 is 0. The Bertz CT molecular complexity index is 625. The van der Waals surface area contributed by atoms with Gasteiger partial charge in [-0.2, -0.15) is 0 Å². The smallest absolute Gasteiger partial charge is 0.336 e. The maximum Gasteiger partial charge on any atom is 0.336 e. The molecule has 2 nitrogen and oxygen atoms in total. The van der Waals surface area contributed by atoms with Crippen LogP contribution in [0.5, 0.6) is 0 Å². The van der Waals surface area contributed by atoms with E-state index in [1.165, 1.54) is 37.7 Å². The zero-order chi connectivity index (χ0) is 14.7. The Kier molecular flexibility index (Phi) is 4.05. The van der Waals surface area contributed by atoms with E-state index in [0.717, 1.165) is 11.1 Å². The van der Waals surface area contributed by atoms with E-state index in [4.69, 9.17) is 0 Å². The highest BCUT2D eigenvalue weighted by Crippen LogP contribution is 2.35. The van der Waals surface area contributed by atoms with Crippen LogP contribution in [0.15, 0.2) is 48.5 Å². The van der Waals surface area contributed by atoms with Crippen LogP contribution in [0.2, 0.25) is 0 Å². The number of carbonyl (C=O) groups is 1. The van der Waals surface area contributed by atoms with Crippen LogP contribution >= 0.6 is 0 Å². The average molecular weight is 280 g/mol. The van der Waals surface area contributed by atoms with Gasteiger partial charge >= 0.3 is 5.97 Å². The summed E-state index contributed by atoms with van der Waals surface area (Å²) in [6.07, 6.45) is 6.34. The second-order valence-electron chi connectivity index (χ2n) is 5.81. The minimum absolute atomic E-state index is 0.390. The van der Waals surface area contributed by atoms with Gasteiger partial charge in [0.15, 0.2) is 0 Å². The summed E-state index contributed by atoms with van der Waals surface area (Å²) in [6, 6.07) is 15.7. The number of aromatic carboxylic acids is 1. The number of hydrogen-bond donors (Lipinski definition) is 1. The number of carboxylic acid groups (broad SMARTS) is 1. The quantitative estimate of drug-likeness (QED) is 0.849. The zero-order valence-corrected chi connectivity index (χ0v) is 12.1. The van der Waals surface area contributed by atoms with Crippen LogP contribution in [0.4, 0.5) is 0 Å². The summed E-state index contributed by atoms with van der Waals surface area (Å²) in [5.41, 5.74) is 3.50. The predicted octanol–water partition coefficient (Wildman–Crippen LogP) is 5.10. The first kappa shape index (κ1) is 13.9. The Morgan fingerprint density at radius 3 is 2.33 bits per heavy atom. The summed E-state index contributed by atoms with van der Waals surface area (Å²) in [5, 5.41) is 9.43. The number of rotatable bonds is 3. The molecular formula is C19H20O2. The highest BCUT2D eigenvalue weighted by molar-refractivity contribution is 5.96. The van der Waals surface area contributed by atoms with E-state index >= 15 is 0 Å². The van der Waals surface area contributed by atoms with Crippen molar-refractivity contribution in [3.05, 3.63) is 59.7 Å². The van der Waals surface area contributed by atoms with Crippen molar-refractivity contribution in [3.63, 3.8) is 0 Å². The van der Waals surface area contributed by atoms with Gasteiger partial charge in [-0.3, -0.25) is 0 Å². The van der Waals surface area contributed by atoms with E-state index in [1.54, 1.807) is 6.07 Å². The highest BCUT2D eigenvalue weighted by Gasteiger charge is 2.18. The summed E-state index contributed by atoms with van der Waals surface area (Å²) >= 11 is 0. The topological polar surface area (TPSA) is 37.3 Å². The van der Waals surface area contributed by atoms with Gasteiger partial charge in [-0.15, -0.1) is 0 Å². The van der Waals surface area contributed by atoms with Crippen molar-refractivity contribution in [2.45, 2.75) is 38.0 Å². The first-order valence-electron chi connectivity index (χ1n) is 7.68. The van der Waals surface area contributed by atoms with Gasteiger partial charge in [-0.1, -0.05) is 61.7 Å². The third-order valence-corrected chi connectivity index (χ3v) is 4.44. The molecule has 0 radical (unpaired) electrons. The van der Waals surface area contributed by atoms with E-state index in [2.05, 4.69) is 6.07 Å². The Labute approximate surface area is 125 Å². The number of carboxylic acids is 1. The molecule has 2 heteroatoms. The molecule has 0 unspecified atom stereocenters. The summed E-state index contributed by atoms with van der Waals surface area (Å²) in [5.74, 6) is -0.270. The van der Waals surface area contributed by atoms with E-state index < -0.39 is 5.97 Å². The van der Waals surface area contributed by atoms with Crippen LogP contribution in [0.25, 0.3) is 11.1 Å². The van der Waals surface area contributed by atoms with Gasteiger partial charge < -0.3 is 5.11 Å². The fourth-order valence-electron chi connectivity index (χ4n) is 3.29. The molecule has 108 valence electrons. The Balaban J connectivity index is 2.04. The lowest BCUT2D eigenvalue weighted by atomic mass is 9.82. The fourth-order valence-corrected chi connectivity index (χ4v) is 3.29. The van der Waals surface area contributed by atoms with Crippen LogP contribution in [-0.4, -0.2) is 11.1 Å². The van der Waals surface area contributed by atoms with Crippen molar-refractivity contribution in [2.75, 3.05) is 0 Å². The standard InChI is InChI=1S/C19H20O2/c20-19(21)17-12-11-16(14-7-3-1-4-8-14)13-18(17)15-9-5-2-6-10-15/h2,5-6,9-14H,1,3-4,7-8H2,(H,20,21). The molecule has 0 amide bonds. The molecule has 0 aliphatic heterocycles. The maximum absolute atomic E-state index is 11.5. The third kappa shape index (κ3) is 2.99. The zero-order valence-electron chi connectivity index (χ0n) is 12.1. The molecule has 0 aromatic heterocycles. The molecule has 2 aromatic carbocycles. The second-order valence-corrected chi connectivity index (χ2v) is 5.81. The van der Waals surface area contributed by atoms with Crippen LogP contribution in [0.3, 0.4) is 0 Å². The molecule has 1 N–H and O–H groups in total. The van der Waals surface area contributed by atoms with Crippen molar-refractivity contribution < 1.29 is 9.90 Å². The molecule has 3 rings (SSSR count). The minimum Gasteiger partial charge on any atom is -0.478 e. The summed E-state index contributed by atoms with van der Waals surface area (Å²) in [6.45, 7) is 0. The Morgan fingerprint density at radius 1 is 0.952 bits per heavy atom. The molecule has 1 saturated carbocycles. The van der Waals surface area contributed by atoms with Gasteiger partial charge in [0.2, 0.25) is 0 Å². The van der Waals surface area contributed by atoms with Gasteiger partial charge in [0.1, 0.15) is 0 Å². The molecular weight excluding hydrogens is 260 g/mol. The molecule has 21 heavy (non-hydrogen) atoms. The van der Waals surface area contributed by atoms with Crippen LogP contribution in [0, 0.1) is 0 Å². The molecule has 1 fully saturated rings. The van der Waals surface area contributed by atoms with E-state index in [9.17, 15) is 9.90 Å². The molecule has 1 aliphatic carbocycles. The lowest BCUT2D eigenvalue weighted by Gasteiger charge is -2.23. The second kappa shape index (κ2) is 6.13. The third-order valence-electron chi connectivity index (χ3n) is 4.44. The summed E-state index contributed by atoms with van der Waals surface area (Å²) in [7, 11) is 0. The van der Waals surface area contributed by atoms with E-state index in [1.807, 2.05) is 36.4 Å². The van der Waals surface area contributed by atoms with Crippen molar-refractivity contribution in [1.29, 1.82) is 0 Å². The molecule has 0 saturated heterocycles. The molecule has 2 aromatic rings. The van der Waals surface area contributed by atoms with Crippen LogP contribution < -0.4 is 0 Å². The normalized spacial score (nSPS) is 15.8. The fraction of sp³-hybridized carbons (Fsp3) is 0.316. The molecule has 0 spiro atoms. The van der Waals surface area contributed by atoms with Gasteiger partial charge in [0, 0.05) is 0 Å². The molecule has 0 bridgehead atoms. The lowest BCUT2D eigenvalue weighted by Crippen LogP contribution is -2.06. The van der Waals surface area contributed by atoms with Gasteiger partial charge in [-0.05, 0) is 41.5 Å². The Hall–Kier alpha value is -2.09. The number of hydrogen-bond acceptors (Lipinski definition) is 1. The van der Waals surface area contributed by atoms with Crippen molar-refractivity contribution in [3.8, 4) is 11.1 Å². The van der Waals surface area contributed by atoms with Crippen LogP contribution in [-0.2, 0) is 0 Å². The van der Waals surface area contributed by atoms with Gasteiger partial charge in [-0.25, -0.2) is 4.79 Å². The molecule has 0 heterocycles. The van der Waals surface area contributed by atoms with Crippen molar-refractivity contribution in [2.24, 2.45) is 0 Å². The molecule has 1 aliphatic rings. The first-order valence-corrected chi connectivity index (χ1v) is 7.68.